The van der Waals surface area contributed by atoms with Gasteiger partial charge in [-0.3, -0.25) is 14.8 Å². The van der Waals surface area contributed by atoms with Crippen LogP contribution in [0.2, 0.25) is 10.0 Å². The minimum atomic E-state index is -0.303. The molecular weight excluding hydrogens is 311 g/mol. The van der Waals surface area contributed by atoms with E-state index >= 15 is 0 Å². The molecular formula is C15H10Cl2N2O2. The maximum atomic E-state index is 12.4. The van der Waals surface area contributed by atoms with Crippen molar-refractivity contribution < 1.29 is 9.53 Å². The van der Waals surface area contributed by atoms with Gasteiger partial charge in [-0.2, -0.15) is 0 Å². The van der Waals surface area contributed by atoms with Crippen LogP contribution in [-0.2, 0) is 0 Å². The first-order valence-electron chi connectivity index (χ1n) is 6.15. The summed E-state index contributed by atoms with van der Waals surface area (Å²) in [6, 6.07) is 8.22. The Kier molecular flexibility index (Phi) is 3.57. The number of halogens is 2. The number of nitrogens with one attached hydrogen (secondary N) is 1. The van der Waals surface area contributed by atoms with E-state index in [1.807, 2.05) is 0 Å². The lowest BCUT2D eigenvalue weighted by Crippen LogP contribution is -2.29. The quantitative estimate of drug-likeness (QED) is 0.875. The van der Waals surface area contributed by atoms with E-state index in [0.717, 1.165) is 0 Å². The van der Waals surface area contributed by atoms with Gasteiger partial charge in [-0.25, -0.2) is 0 Å². The van der Waals surface area contributed by atoms with Crippen LogP contribution in [0.3, 0.4) is 0 Å². The fourth-order valence-electron chi connectivity index (χ4n) is 2.12. The van der Waals surface area contributed by atoms with Gasteiger partial charge in [-0.15, -0.1) is 0 Å². The molecule has 106 valence electrons. The van der Waals surface area contributed by atoms with Gasteiger partial charge in [0.05, 0.1) is 10.6 Å². The summed E-state index contributed by atoms with van der Waals surface area (Å²) in [5.41, 5.74) is 1.20. The second kappa shape index (κ2) is 5.39. The molecule has 4 nitrogen and oxygen atoms in total. The van der Waals surface area contributed by atoms with Gasteiger partial charge in [-0.1, -0.05) is 29.3 Å². The molecule has 0 saturated heterocycles. The van der Waals surface area contributed by atoms with Gasteiger partial charge in [0.25, 0.3) is 5.91 Å². The Labute approximate surface area is 130 Å². The first-order valence-corrected chi connectivity index (χ1v) is 6.91. The third-order valence-electron chi connectivity index (χ3n) is 3.09. The van der Waals surface area contributed by atoms with Crippen LogP contribution in [0.4, 0.5) is 0 Å². The lowest BCUT2D eigenvalue weighted by atomic mass is 10.1. The van der Waals surface area contributed by atoms with E-state index in [1.54, 1.807) is 42.6 Å². The Balaban J connectivity index is 2.05. The number of carbonyl (C=O) groups excluding carboxylic acids is 1. The Bertz CT molecular complexity index is 825. The number of ether oxygens (including phenoxy) is 1. The van der Waals surface area contributed by atoms with Crippen LogP contribution in [0.15, 0.2) is 42.1 Å². The molecule has 1 aliphatic heterocycles. The molecule has 1 N–H and O–H groups in total. The number of hydrogen-bond acceptors (Lipinski definition) is 3. The number of rotatable bonds is 1. The van der Waals surface area contributed by atoms with E-state index in [9.17, 15) is 4.79 Å². The number of pyridine rings is 1. The van der Waals surface area contributed by atoms with Crippen molar-refractivity contribution in [2.75, 3.05) is 6.61 Å². The second-order valence-electron chi connectivity index (χ2n) is 4.53. The van der Waals surface area contributed by atoms with Crippen molar-refractivity contribution in [1.82, 2.24) is 4.57 Å². The highest BCUT2D eigenvalue weighted by Crippen LogP contribution is 2.36. The molecule has 0 bridgehead atoms. The molecule has 2 heterocycles. The van der Waals surface area contributed by atoms with Crippen molar-refractivity contribution in [3.63, 3.8) is 0 Å². The number of benzene rings is 1. The molecule has 0 saturated carbocycles. The van der Waals surface area contributed by atoms with Crippen molar-refractivity contribution in [1.29, 1.82) is 5.41 Å². The summed E-state index contributed by atoms with van der Waals surface area (Å²) in [6.45, 7) is 0.106. The average molecular weight is 321 g/mol. The van der Waals surface area contributed by atoms with Gasteiger partial charge in [0, 0.05) is 16.8 Å². The second-order valence-corrected chi connectivity index (χ2v) is 5.37. The molecule has 0 spiro atoms. The monoisotopic (exact) mass is 320 g/mol. The average Bonchev–Trinajstić information content (AvgIpc) is 2.46. The predicted molar refractivity (Wildman–Crippen MR) is 80.8 cm³/mol. The van der Waals surface area contributed by atoms with Crippen molar-refractivity contribution in [2.45, 2.75) is 0 Å². The van der Waals surface area contributed by atoms with E-state index in [1.165, 1.54) is 4.57 Å². The fourth-order valence-corrected chi connectivity index (χ4v) is 2.68. The standard InChI is InChI=1S/C15H10Cl2N2O2/c16-11-6-9-5-10(8-21-14(9)12(17)7-11)15(20)19-4-2-1-3-13(19)18/h1-7,18H,8H2. The van der Waals surface area contributed by atoms with E-state index < -0.39 is 0 Å². The normalized spacial score (nSPS) is 13.1. The minimum Gasteiger partial charge on any atom is -0.486 e. The number of hydrogen-bond donors (Lipinski definition) is 1. The van der Waals surface area contributed by atoms with Gasteiger partial charge in [0.2, 0.25) is 0 Å². The first kappa shape index (κ1) is 13.9. The Hall–Kier alpha value is -2.04. The summed E-state index contributed by atoms with van der Waals surface area (Å²) in [5, 5.41) is 8.65. The Morgan fingerprint density at radius 1 is 1.29 bits per heavy atom. The van der Waals surface area contributed by atoms with Gasteiger partial charge < -0.3 is 4.74 Å². The third kappa shape index (κ3) is 2.60. The summed E-state index contributed by atoms with van der Waals surface area (Å²) < 4.78 is 6.81. The smallest absolute Gasteiger partial charge is 0.262 e. The molecule has 0 unspecified atom stereocenters. The Morgan fingerprint density at radius 3 is 2.86 bits per heavy atom. The highest BCUT2D eigenvalue weighted by Gasteiger charge is 2.21. The summed E-state index contributed by atoms with van der Waals surface area (Å²) in [6.07, 6.45) is 3.24. The highest BCUT2D eigenvalue weighted by atomic mass is 35.5. The number of aromatic nitrogens is 1. The molecule has 0 fully saturated rings. The molecule has 1 aliphatic rings. The summed E-state index contributed by atoms with van der Waals surface area (Å²) in [5.74, 6) is 0.212. The van der Waals surface area contributed by atoms with Crippen LogP contribution < -0.4 is 10.2 Å². The number of nitrogens with zero attached hydrogens (tertiary/aromatic N) is 1. The highest BCUT2D eigenvalue weighted by molar-refractivity contribution is 6.36. The summed E-state index contributed by atoms with van der Waals surface area (Å²) in [7, 11) is 0. The van der Waals surface area contributed by atoms with Crippen molar-refractivity contribution >= 4 is 35.2 Å². The van der Waals surface area contributed by atoms with Gasteiger partial charge in [0.1, 0.15) is 17.8 Å². The molecule has 1 aromatic carbocycles. The zero-order valence-corrected chi connectivity index (χ0v) is 12.3. The predicted octanol–water partition coefficient (Wildman–Crippen LogP) is 3.39. The van der Waals surface area contributed by atoms with Crippen LogP contribution in [0.5, 0.6) is 5.75 Å². The molecule has 0 radical (unpaired) electrons. The van der Waals surface area contributed by atoms with Crippen LogP contribution in [0, 0.1) is 5.41 Å². The maximum Gasteiger partial charge on any atom is 0.262 e. The lowest BCUT2D eigenvalue weighted by Gasteiger charge is -2.19. The van der Waals surface area contributed by atoms with Crippen molar-refractivity contribution in [2.24, 2.45) is 0 Å². The van der Waals surface area contributed by atoms with Gasteiger partial charge in [0.15, 0.2) is 0 Å². The van der Waals surface area contributed by atoms with E-state index in [2.05, 4.69) is 0 Å². The first-order chi connectivity index (χ1) is 10.1. The molecule has 1 aromatic heterocycles. The van der Waals surface area contributed by atoms with Gasteiger partial charge in [-0.05, 0) is 30.3 Å². The molecule has 0 amide bonds. The van der Waals surface area contributed by atoms with E-state index in [0.29, 0.717) is 26.9 Å². The SMILES string of the molecule is N=c1ccccn1C(=O)C1=Cc2cc(Cl)cc(Cl)c2OC1. The molecule has 2 aromatic rings. The summed E-state index contributed by atoms with van der Waals surface area (Å²) in [4.78, 5) is 12.4. The molecule has 0 atom stereocenters. The van der Waals surface area contributed by atoms with Crippen molar-refractivity contribution in [3.8, 4) is 5.75 Å². The zero-order valence-electron chi connectivity index (χ0n) is 10.8. The van der Waals surface area contributed by atoms with Crippen LogP contribution in [0.25, 0.3) is 6.08 Å². The van der Waals surface area contributed by atoms with Crippen LogP contribution >= 0.6 is 23.2 Å². The van der Waals surface area contributed by atoms with E-state index in [-0.39, 0.29) is 18.0 Å². The Morgan fingerprint density at radius 2 is 2.10 bits per heavy atom. The minimum absolute atomic E-state index is 0.106. The topological polar surface area (TPSA) is 55.1 Å². The fraction of sp³-hybridized carbons (Fsp3) is 0.0667. The maximum absolute atomic E-state index is 12.4. The molecule has 0 aliphatic carbocycles. The largest absolute Gasteiger partial charge is 0.486 e. The lowest BCUT2D eigenvalue weighted by molar-refractivity contribution is 0.0937. The van der Waals surface area contributed by atoms with Gasteiger partial charge >= 0.3 is 0 Å². The van der Waals surface area contributed by atoms with Crippen molar-refractivity contribution in [3.05, 3.63) is 63.2 Å². The van der Waals surface area contributed by atoms with Crippen LogP contribution in [-0.4, -0.2) is 17.1 Å². The zero-order chi connectivity index (χ0) is 15.0. The molecule has 3 rings (SSSR count). The molecule has 21 heavy (non-hydrogen) atoms. The number of carbonyl (C=O) groups is 1. The van der Waals surface area contributed by atoms with Crippen LogP contribution in [0.1, 0.15) is 10.4 Å². The number of fused-ring (bicyclic) bond motifs is 1. The van der Waals surface area contributed by atoms with E-state index in [4.69, 9.17) is 33.3 Å². The third-order valence-corrected chi connectivity index (χ3v) is 3.59. The molecule has 6 heteroatoms. The summed E-state index contributed by atoms with van der Waals surface area (Å²) >= 11 is 12.0.